The van der Waals surface area contributed by atoms with Crippen LogP contribution in [0.15, 0.2) is 48.7 Å². The van der Waals surface area contributed by atoms with E-state index in [-0.39, 0.29) is 17.9 Å². The van der Waals surface area contributed by atoms with Crippen molar-refractivity contribution in [3.63, 3.8) is 0 Å². The van der Waals surface area contributed by atoms with Gasteiger partial charge in [-0.2, -0.15) is 4.57 Å². The van der Waals surface area contributed by atoms with Gasteiger partial charge >= 0.3 is 5.69 Å². The average molecular weight is 357 g/mol. The molecule has 24 heavy (non-hydrogen) atoms. The third-order valence-corrected chi connectivity index (χ3v) is 2.87. The van der Waals surface area contributed by atoms with Gasteiger partial charge in [0.15, 0.2) is 11.5 Å². The van der Waals surface area contributed by atoms with Gasteiger partial charge < -0.3 is 0 Å². The Bertz CT molecular complexity index is 711. The van der Waals surface area contributed by atoms with Gasteiger partial charge in [0.2, 0.25) is 6.20 Å². The molecule has 0 amide bonds. The number of carbonyl (C=O) groups excluding carboxylic acids is 1. The molecule has 0 aliphatic carbocycles. The van der Waals surface area contributed by atoms with Crippen molar-refractivity contribution in [3.8, 4) is 0 Å². The second-order valence-electron chi connectivity index (χ2n) is 4.59. The van der Waals surface area contributed by atoms with Crippen LogP contribution < -0.4 is 23.2 Å². The number of carbonyl (C=O) groups is 1. The van der Waals surface area contributed by atoms with E-state index in [0.29, 0.717) is 5.56 Å². The number of pyridine rings is 1. The van der Waals surface area contributed by atoms with E-state index in [1.807, 2.05) is 18.2 Å². The number of rotatable bonds is 4. The minimum absolute atomic E-state index is 0.00921. The van der Waals surface area contributed by atoms with Crippen LogP contribution in [0.1, 0.15) is 16.1 Å². The fourth-order valence-electron chi connectivity index (χ4n) is 1.81. The van der Waals surface area contributed by atoms with Gasteiger partial charge in [-0.25, -0.2) is 18.6 Å². The van der Waals surface area contributed by atoms with Crippen LogP contribution in [0.25, 0.3) is 0 Å². The Labute approximate surface area is 138 Å². The molecular formula is C14H13ClN2O7. The normalized spacial score (nSPS) is 10.5. The Kier molecular flexibility index (Phi) is 6.89. The number of halogens is 1. The molecule has 0 aliphatic heterocycles. The largest absolute Gasteiger partial charge is 0.332 e. The molecule has 0 atom stereocenters. The van der Waals surface area contributed by atoms with Crippen molar-refractivity contribution in [1.29, 1.82) is 0 Å². The Morgan fingerprint density at radius 2 is 1.62 bits per heavy atom. The maximum absolute atomic E-state index is 12.0. The minimum Gasteiger partial charge on any atom is -0.294 e. The van der Waals surface area contributed by atoms with Crippen LogP contribution in [-0.2, 0) is 13.5 Å². The quantitative estimate of drug-likeness (QED) is 0.246. The number of nitro groups is 1. The summed E-state index contributed by atoms with van der Waals surface area (Å²) in [6.45, 7) is 0. The van der Waals surface area contributed by atoms with Crippen LogP contribution in [0.5, 0.6) is 0 Å². The van der Waals surface area contributed by atoms with Crippen LogP contribution in [0, 0.1) is 20.4 Å². The lowest BCUT2D eigenvalue weighted by Crippen LogP contribution is -2.68. The molecule has 0 N–H and O–H groups in total. The highest BCUT2D eigenvalue weighted by atomic mass is 35.7. The second kappa shape index (κ2) is 8.43. The first-order chi connectivity index (χ1) is 11.1. The molecule has 9 nitrogen and oxygen atoms in total. The molecular weight excluding hydrogens is 344 g/mol. The average Bonchev–Trinajstić information content (AvgIpc) is 2.48. The molecule has 0 fully saturated rings. The number of hydrogen-bond donors (Lipinski definition) is 0. The molecule has 0 bridgehead atoms. The summed E-state index contributed by atoms with van der Waals surface area (Å²) in [6, 6.07) is 12.0. The lowest BCUT2D eigenvalue weighted by Gasteiger charge is -2.17. The first kappa shape index (κ1) is 19.6. The maximum atomic E-state index is 12.0. The van der Waals surface area contributed by atoms with Crippen molar-refractivity contribution in [2.75, 3.05) is 0 Å². The lowest BCUT2D eigenvalue weighted by molar-refractivity contribution is -2.00. The van der Waals surface area contributed by atoms with E-state index < -0.39 is 15.2 Å². The van der Waals surface area contributed by atoms with E-state index in [2.05, 4.69) is 0 Å². The molecule has 10 heteroatoms. The molecule has 0 spiro atoms. The summed E-state index contributed by atoms with van der Waals surface area (Å²) in [5, 5.41) is 10.6. The summed E-state index contributed by atoms with van der Waals surface area (Å²) in [6.07, 6.45) is 1.63. The van der Waals surface area contributed by atoms with Crippen molar-refractivity contribution in [1.82, 2.24) is 0 Å². The summed E-state index contributed by atoms with van der Waals surface area (Å²) >= 11 is 0. The predicted octanol–water partition coefficient (Wildman–Crippen LogP) is -2.91. The molecule has 0 aliphatic rings. The molecule has 2 aromatic rings. The van der Waals surface area contributed by atoms with Crippen LogP contribution in [-0.4, -0.2) is 10.7 Å². The molecule has 2 rings (SSSR count). The Morgan fingerprint density at radius 3 is 2.08 bits per heavy atom. The molecule has 1 heterocycles. The zero-order chi connectivity index (χ0) is 18.3. The molecule has 1 aromatic carbocycles. The van der Waals surface area contributed by atoms with Gasteiger partial charge in [0.1, 0.15) is 7.05 Å². The molecule has 0 unspecified atom stereocenters. The van der Waals surface area contributed by atoms with E-state index in [1.54, 1.807) is 29.8 Å². The third kappa shape index (κ3) is 7.22. The number of aromatic nitrogens is 1. The van der Waals surface area contributed by atoms with E-state index in [1.165, 1.54) is 12.3 Å². The first-order valence-corrected chi connectivity index (χ1v) is 7.64. The van der Waals surface area contributed by atoms with Crippen molar-refractivity contribution in [2.24, 2.45) is 7.05 Å². The highest BCUT2D eigenvalue weighted by molar-refractivity contribution is 5.97. The Balaban J connectivity index is 0.000000505. The molecule has 0 saturated heterocycles. The van der Waals surface area contributed by atoms with Crippen LogP contribution in [0.4, 0.5) is 5.69 Å². The molecule has 0 radical (unpaired) electrons. The molecule has 1 aromatic heterocycles. The van der Waals surface area contributed by atoms with Gasteiger partial charge in [0.25, 0.3) is 0 Å². The minimum atomic E-state index is -4.94. The number of nitrogens with zero attached hydrogens (tertiary/aromatic N) is 2. The van der Waals surface area contributed by atoms with Gasteiger partial charge in [-0.3, -0.25) is 14.9 Å². The van der Waals surface area contributed by atoms with Crippen LogP contribution in [0.2, 0.25) is 0 Å². The standard InChI is InChI=1S/C14H13N2O3.ClHO4/c1-15-10-13(16(18)19)8-7-12(15)9-14(17)11-5-3-2-4-6-11;2-1(3,4)5/h2-8,10H,9H2,1H3;(H,2,3,4,5)/q+1;/p-1. The number of Topliss-reactive ketones (excluding diaryl/α,β-unsaturated/α-hetero) is 1. The van der Waals surface area contributed by atoms with Gasteiger partial charge in [0, 0.05) is 17.7 Å². The zero-order valence-electron chi connectivity index (χ0n) is 12.5. The third-order valence-electron chi connectivity index (χ3n) is 2.87. The van der Waals surface area contributed by atoms with Crippen molar-refractivity contribution >= 4 is 11.5 Å². The van der Waals surface area contributed by atoms with E-state index in [4.69, 9.17) is 18.6 Å². The zero-order valence-corrected chi connectivity index (χ0v) is 13.2. The topological polar surface area (TPSA) is 156 Å². The summed E-state index contributed by atoms with van der Waals surface area (Å²) in [4.78, 5) is 22.2. The number of aryl methyl sites for hydroxylation is 1. The maximum Gasteiger partial charge on any atom is 0.332 e. The summed E-state index contributed by atoms with van der Waals surface area (Å²) < 4.78 is 35.6. The summed E-state index contributed by atoms with van der Waals surface area (Å²) in [5.41, 5.74) is 1.39. The number of ketones is 1. The predicted molar refractivity (Wildman–Crippen MR) is 68.7 cm³/mol. The highest BCUT2D eigenvalue weighted by Crippen LogP contribution is 2.09. The van der Waals surface area contributed by atoms with Gasteiger partial charge in [-0.15, -0.1) is 10.2 Å². The fourth-order valence-corrected chi connectivity index (χ4v) is 1.81. The number of hydrogen-bond acceptors (Lipinski definition) is 7. The fraction of sp³-hybridized carbons (Fsp3) is 0.143. The second-order valence-corrected chi connectivity index (χ2v) is 5.35. The van der Waals surface area contributed by atoms with Crippen molar-refractivity contribution in [2.45, 2.75) is 6.42 Å². The lowest BCUT2D eigenvalue weighted by atomic mass is 10.1. The van der Waals surface area contributed by atoms with Crippen molar-refractivity contribution < 1.29 is 43.2 Å². The van der Waals surface area contributed by atoms with Gasteiger partial charge in [0.05, 0.1) is 11.3 Å². The SMILES string of the molecule is C[n+]1cc([N+](=O)[O-])ccc1CC(=O)c1ccccc1.[O-][Cl+3]([O-])([O-])[O-]. The van der Waals surface area contributed by atoms with Crippen LogP contribution in [0.3, 0.4) is 0 Å². The monoisotopic (exact) mass is 356 g/mol. The number of benzene rings is 1. The Hall–Kier alpha value is -2.43. The molecule has 0 saturated carbocycles. The van der Waals surface area contributed by atoms with E-state index in [9.17, 15) is 14.9 Å². The first-order valence-electron chi connectivity index (χ1n) is 6.41. The van der Waals surface area contributed by atoms with E-state index in [0.717, 1.165) is 5.69 Å². The summed E-state index contributed by atoms with van der Waals surface area (Å²) in [5.74, 6) is -0.00921. The van der Waals surface area contributed by atoms with Gasteiger partial charge in [-0.05, 0) is 0 Å². The van der Waals surface area contributed by atoms with E-state index >= 15 is 0 Å². The van der Waals surface area contributed by atoms with Crippen LogP contribution >= 0.6 is 0 Å². The smallest absolute Gasteiger partial charge is 0.294 e. The highest BCUT2D eigenvalue weighted by Gasteiger charge is 2.17. The molecule has 128 valence electrons. The van der Waals surface area contributed by atoms with Crippen molar-refractivity contribution in [3.05, 3.63) is 70.0 Å². The van der Waals surface area contributed by atoms with Gasteiger partial charge in [-0.1, -0.05) is 30.3 Å². The Morgan fingerprint density at radius 1 is 1.08 bits per heavy atom. The summed E-state index contributed by atoms with van der Waals surface area (Å²) in [7, 11) is -3.25.